The third-order valence-corrected chi connectivity index (χ3v) is 7.00. The Morgan fingerprint density at radius 2 is 2.00 bits per heavy atom. The lowest BCUT2D eigenvalue weighted by Gasteiger charge is -2.21. The molecule has 0 bridgehead atoms. The quantitative estimate of drug-likeness (QED) is 0.905. The fourth-order valence-corrected chi connectivity index (χ4v) is 5.38. The van der Waals surface area contributed by atoms with Crippen molar-refractivity contribution < 1.29 is 13.5 Å². The number of benzene rings is 1. The van der Waals surface area contributed by atoms with Gasteiger partial charge < -0.3 is 5.11 Å². The Labute approximate surface area is 133 Å². The van der Waals surface area contributed by atoms with Crippen LogP contribution in [0.4, 0.5) is 0 Å². The monoisotopic (exact) mass is 355 g/mol. The molecule has 0 saturated carbocycles. The van der Waals surface area contributed by atoms with E-state index in [-0.39, 0.29) is 20.5 Å². The molecule has 1 saturated heterocycles. The number of halogens is 2. The number of hydrogen-bond acceptors (Lipinski definition) is 4. The minimum absolute atomic E-state index is 0.0110. The number of thioether (sulfide) groups is 1. The lowest BCUT2D eigenvalue weighted by Crippen LogP contribution is -2.33. The molecule has 20 heavy (non-hydrogen) atoms. The van der Waals surface area contributed by atoms with E-state index in [2.05, 4.69) is 0 Å². The Morgan fingerprint density at radius 3 is 2.70 bits per heavy atom. The maximum absolute atomic E-state index is 12.6. The third kappa shape index (κ3) is 3.26. The van der Waals surface area contributed by atoms with Crippen molar-refractivity contribution in [2.45, 2.75) is 17.9 Å². The van der Waals surface area contributed by atoms with Crippen molar-refractivity contribution in [2.24, 2.45) is 0 Å². The minimum Gasteiger partial charge on any atom is -0.392 e. The van der Waals surface area contributed by atoms with E-state index >= 15 is 0 Å². The summed E-state index contributed by atoms with van der Waals surface area (Å²) in [5.74, 6) is 1.74. The summed E-state index contributed by atoms with van der Waals surface area (Å²) in [7, 11) is -3.65. The number of aliphatic hydroxyl groups is 1. The van der Waals surface area contributed by atoms with Crippen LogP contribution >= 0.6 is 35.0 Å². The molecule has 1 aliphatic heterocycles. The van der Waals surface area contributed by atoms with Gasteiger partial charge in [0.05, 0.1) is 11.6 Å². The van der Waals surface area contributed by atoms with Gasteiger partial charge in [-0.15, -0.1) is 0 Å². The zero-order valence-corrected chi connectivity index (χ0v) is 13.8. The summed E-state index contributed by atoms with van der Waals surface area (Å²) in [5, 5.41) is 9.54. The number of hydrogen-bond donors (Lipinski definition) is 1. The molecule has 1 N–H and O–H groups in total. The maximum atomic E-state index is 12.6. The molecule has 1 fully saturated rings. The van der Waals surface area contributed by atoms with Gasteiger partial charge in [-0.25, -0.2) is 8.42 Å². The van der Waals surface area contributed by atoms with E-state index < -0.39 is 16.6 Å². The van der Waals surface area contributed by atoms with Crippen LogP contribution in [0.5, 0.6) is 0 Å². The molecule has 4 nitrogen and oxygen atoms in total. The molecular weight excluding hydrogens is 341 g/mol. The van der Waals surface area contributed by atoms with Crippen LogP contribution in [-0.2, 0) is 16.6 Å². The van der Waals surface area contributed by atoms with E-state index in [1.807, 2.05) is 0 Å². The van der Waals surface area contributed by atoms with Gasteiger partial charge in [-0.2, -0.15) is 16.1 Å². The Kier molecular flexibility index (Phi) is 5.62. The molecule has 2 rings (SSSR count). The predicted molar refractivity (Wildman–Crippen MR) is 83.1 cm³/mol. The molecule has 0 radical (unpaired) electrons. The van der Waals surface area contributed by atoms with Gasteiger partial charge in [0.1, 0.15) is 4.90 Å². The number of nitrogens with zero attached hydrogens (tertiary/aromatic N) is 1. The van der Waals surface area contributed by atoms with Crippen LogP contribution < -0.4 is 0 Å². The van der Waals surface area contributed by atoms with E-state index in [0.717, 1.165) is 17.9 Å². The Balaban J connectivity index is 2.43. The molecule has 0 spiro atoms. The molecule has 1 aromatic rings. The van der Waals surface area contributed by atoms with Crippen molar-refractivity contribution in [3.05, 3.63) is 27.7 Å². The maximum Gasteiger partial charge on any atom is 0.244 e. The zero-order valence-electron chi connectivity index (χ0n) is 10.7. The number of sulfonamides is 1. The van der Waals surface area contributed by atoms with Gasteiger partial charge in [0.25, 0.3) is 0 Å². The first-order chi connectivity index (χ1) is 9.48. The first-order valence-electron chi connectivity index (χ1n) is 6.14. The Bertz CT molecular complexity index is 585. The molecule has 0 aliphatic carbocycles. The summed E-state index contributed by atoms with van der Waals surface area (Å²) in [5.41, 5.74) is 0.249. The highest BCUT2D eigenvalue weighted by Gasteiger charge is 2.28. The molecular formula is C12H15Cl2NO3S2. The topological polar surface area (TPSA) is 57.6 Å². The summed E-state index contributed by atoms with van der Waals surface area (Å²) in [6.07, 6.45) is 0.821. The summed E-state index contributed by atoms with van der Waals surface area (Å²) in [4.78, 5) is 0.0134. The van der Waals surface area contributed by atoms with Gasteiger partial charge in [-0.3, -0.25) is 0 Å². The van der Waals surface area contributed by atoms with E-state index in [1.54, 1.807) is 11.8 Å². The van der Waals surface area contributed by atoms with Crippen LogP contribution in [0.15, 0.2) is 17.0 Å². The number of rotatable bonds is 3. The summed E-state index contributed by atoms with van der Waals surface area (Å²) >= 11 is 13.8. The second-order valence-corrected chi connectivity index (χ2v) is 8.28. The molecule has 0 aromatic heterocycles. The number of aliphatic hydroxyl groups excluding tert-OH is 1. The van der Waals surface area contributed by atoms with E-state index in [0.29, 0.717) is 13.1 Å². The minimum atomic E-state index is -3.65. The molecule has 112 valence electrons. The van der Waals surface area contributed by atoms with Gasteiger partial charge in [-0.05, 0) is 24.3 Å². The first-order valence-corrected chi connectivity index (χ1v) is 9.49. The first kappa shape index (κ1) is 16.4. The van der Waals surface area contributed by atoms with Crippen molar-refractivity contribution in [3.63, 3.8) is 0 Å². The molecule has 1 heterocycles. The summed E-state index contributed by atoms with van der Waals surface area (Å²) in [6, 6.07) is 2.86. The van der Waals surface area contributed by atoms with Crippen molar-refractivity contribution in [1.82, 2.24) is 4.31 Å². The Hall–Kier alpha value is 0.0200. The van der Waals surface area contributed by atoms with E-state index in [1.165, 1.54) is 16.4 Å². The highest BCUT2D eigenvalue weighted by atomic mass is 35.5. The molecule has 1 aliphatic rings. The molecule has 8 heteroatoms. The summed E-state index contributed by atoms with van der Waals surface area (Å²) < 4.78 is 26.7. The molecule has 0 unspecified atom stereocenters. The SMILES string of the molecule is O=S(=O)(c1ccc(Cl)c(CO)c1Cl)N1CCCSCC1. The van der Waals surface area contributed by atoms with Crippen LogP contribution in [0, 0.1) is 0 Å². The fourth-order valence-electron chi connectivity index (χ4n) is 2.02. The summed E-state index contributed by atoms with van der Waals surface area (Å²) in [6.45, 7) is 0.569. The zero-order chi connectivity index (χ0) is 14.8. The highest BCUT2D eigenvalue weighted by Crippen LogP contribution is 2.33. The van der Waals surface area contributed by atoms with Crippen LogP contribution in [0.3, 0.4) is 0 Å². The lowest BCUT2D eigenvalue weighted by molar-refractivity contribution is 0.281. The lowest BCUT2D eigenvalue weighted by atomic mass is 10.2. The van der Waals surface area contributed by atoms with Crippen LogP contribution in [0.25, 0.3) is 0 Å². The van der Waals surface area contributed by atoms with Crippen molar-refractivity contribution >= 4 is 45.0 Å². The highest BCUT2D eigenvalue weighted by molar-refractivity contribution is 7.99. The van der Waals surface area contributed by atoms with Crippen molar-refractivity contribution in [3.8, 4) is 0 Å². The normalized spacial score (nSPS) is 17.9. The smallest absolute Gasteiger partial charge is 0.244 e. The van der Waals surface area contributed by atoms with Gasteiger partial charge in [0.2, 0.25) is 10.0 Å². The average molecular weight is 356 g/mol. The van der Waals surface area contributed by atoms with Gasteiger partial charge in [0.15, 0.2) is 0 Å². The second-order valence-electron chi connectivity index (χ2n) is 4.37. The standard InChI is InChI=1S/C12H15Cl2NO3S2/c13-10-2-3-11(12(14)9(10)8-16)20(17,18)15-4-1-6-19-7-5-15/h2-3,16H,1,4-8H2. The molecule has 0 atom stereocenters. The molecule has 0 amide bonds. The van der Waals surface area contributed by atoms with Gasteiger partial charge in [-0.1, -0.05) is 23.2 Å². The fraction of sp³-hybridized carbons (Fsp3) is 0.500. The predicted octanol–water partition coefficient (Wildman–Crippen LogP) is 2.61. The third-order valence-electron chi connectivity index (χ3n) is 3.11. The van der Waals surface area contributed by atoms with Gasteiger partial charge in [0, 0.05) is 29.4 Å². The second kappa shape index (κ2) is 6.85. The van der Waals surface area contributed by atoms with E-state index in [4.69, 9.17) is 23.2 Å². The molecule has 1 aromatic carbocycles. The van der Waals surface area contributed by atoms with Crippen molar-refractivity contribution in [2.75, 3.05) is 24.6 Å². The van der Waals surface area contributed by atoms with Crippen molar-refractivity contribution in [1.29, 1.82) is 0 Å². The van der Waals surface area contributed by atoms with Crippen LogP contribution in [0.2, 0.25) is 10.0 Å². The van der Waals surface area contributed by atoms with Crippen LogP contribution in [-0.4, -0.2) is 42.4 Å². The largest absolute Gasteiger partial charge is 0.392 e. The Morgan fingerprint density at radius 1 is 1.25 bits per heavy atom. The average Bonchev–Trinajstić information content (AvgIpc) is 2.68. The van der Waals surface area contributed by atoms with Gasteiger partial charge >= 0.3 is 0 Å². The van der Waals surface area contributed by atoms with E-state index in [9.17, 15) is 13.5 Å². The van der Waals surface area contributed by atoms with Crippen LogP contribution in [0.1, 0.15) is 12.0 Å².